The summed E-state index contributed by atoms with van der Waals surface area (Å²) >= 11 is 0.847. The number of carbonyl (C=O) groups is 2. The van der Waals surface area contributed by atoms with Crippen LogP contribution in [0.15, 0.2) is 80.1 Å². The first kappa shape index (κ1) is 62.3. The molecule has 368 valence electrons. The molecule has 0 saturated carbocycles. The Kier molecular flexibility index (Phi) is 28.6. The molecule has 2 aromatic carbocycles. The van der Waals surface area contributed by atoms with Crippen molar-refractivity contribution in [2.75, 3.05) is 77.1 Å². The SMILES string of the molecule is CCN1/C(=C\C=C\C2=[N+](CCCCCC(=O)NCCCC(=O)OCCCCCCN=C=NCCCN3CCOCC3)c3ccc(SOO[O-])cc3C2(C)C)C(C)(C)c2cc(S(=O)(=O)[O-])ccc21.[K+].[K+]. The van der Waals surface area contributed by atoms with Crippen LogP contribution in [-0.4, -0.2) is 118 Å². The van der Waals surface area contributed by atoms with Crippen LogP contribution in [0.2, 0.25) is 0 Å². The van der Waals surface area contributed by atoms with Crippen molar-refractivity contribution in [1.82, 2.24) is 10.2 Å². The number of ether oxygens (including phenoxy) is 2. The van der Waals surface area contributed by atoms with Gasteiger partial charge in [-0.15, -0.1) is 0 Å². The monoisotopic (exact) mass is 1040 g/mol. The molecule has 69 heavy (non-hydrogen) atoms. The number of hydrogen-bond donors (Lipinski definition) is 1. The van der Waals surface area contributed by atoms with Gasteiger partial charge in [0.15, 0.2) is 5.71 Å². The van der Waals surface area contributed by atoms with E-state index in [1.165, 1.54) is 12.1 Å². The van der Waals surface area contributed by atoms with Gasteiger partial charge in [0.2, 0.25) is 11.6 Å². The molecule has 20 heteroatoms. The molecular formula is C49H69K2N6O10S2+. The van der Waals surface area contributed by atoms with Gasteiger partial charge < -0.3 is 29.5 Å². The molecule has 1 amide bonds. The first-order chi connectivity index (χ1) is 32.2. The molecule has 16 nitrogen and oxygen atoms in total. The van der Waals surface area contributed by atoms with Gasteiger partial charge in [0.05, 0.1) is 54.7 Å². The molecule has 3 aliphatic rings. The number of nitrogens with zero attached hydrogens (tertiary/aromatic N) is 5. The largest absolute Gasteiger partial charge is 1.00 e. The summed E-state index contributed by atoms with van der Waals surface area (Å²) in [5.41, 5.74) is 4.77. The molecule has 2 aromatic rings. The van der Waals surface area contributed by atoms with Crippen LogP contribution in [0.1, 0.15) is 116 Å². The maximum Gasteiger partial charge on any atom is 1.00 e. The van der Waals surface area contributed by atoms with E-state index in [2.05, 4.69) is 71.1 Å². The van der Waals surface area contributed by atoms with Gasteiger partial charge >= 0.3 is 109 Å². The number of benzene rings is 2. The average Bonchev–Trinajstić information content (AvgIpc) is 3.65. The maximum absolute atomic E-state index is 12.7. The minimum Gasteiger partial charge on any atom is -0.744 e. The molecule has 0 atom stereocenters. The number of hydrogen-bond acceptors (Lipinski definition) is 15. The smallest absolute Gasteiger partial charge is 0.744 e. The number of rotatable bonds is 28. The molecule has 3 heterocycles. The second-order valence-electron chi connectivity index (χ2n) is 18.0. The topological polar surface area (TPSA) is 198 Å². The van der Waals surface area contributed by atoms with E-state index in [-0.39, 0.29) is 126 Å². The summed E-state index contributed by atoms with van der Waals surface area (Å²) in [6.07, 6.45) is 14.4. The fourth-order valence-corrected chi connectivity index (χ4v) is 9.81. The second-order valence-corrected chi connectivity index (χ2v) is 20.2. The van der Waals surface area contributed by atoms with Crippen LogP contribution in [-0.2, 0) is 49.4 Å². The summed E-state index contributed by atoms with van der Waals surface area (Å²) in [5.74, 6) is -0.287. The van der Waals surface area contributed by atoms with Gasteiger partial charge in [-0.05, 0) is 108 Å². The second kappa shape index (κ2) is 31.7. The third kappa shape index (κ3) is 19.0. The third-order valence-corrected chi connectivity index (χ3v) is 14.0. The quantitative estimate of drug-likeness (QED) is 0.0146. The number of morpholine rings is 1. The molecule has 0 unspecified atom stereocenters. The Labute approximate surface area is 499 Å². The maximum atomic E-state index is 12.7. The number of carbonyl (C=O) groups excluding carboxylic acids is 2. The summed E-state index contributed by atoms with van der Waals surface area (Å²) < 4.78 is 53.3. The zero-order valence-electron chi connectivity index (χ0n) is 41.9. The first-order valence-electron chi connectivity index (χ1n) is 23.7. The van der Waals surface area contributed by atoms with E-state index in [1.54, 1.807) is 6.07 Å². The number of amides is 1. The van der Waals surface area contributed by atoms with E-state index < -0.39 is 20.9 Å². The number of aliphatic imine (C=N–C) groups is 2. The van der Waals surface area contributed by atoms with E-state index in [0.29, 0.717) is 52.0 Å². The molecule has 3 aliphatic heterocycles. The van der Waals surface area contributed by atoms with E-state index in [1.807, 2.05) is 45.0 Å². The van der Waals surface area contributed by atoms with Gasteiger partial charge in [-0.1, -0.05) is 26.3 Å². The van der Waals surface area contributed by atoms with Crippen LogP contribution in [0.4, 0.5) is 11.4 Å². The number of likely N-dealkylation sites (N-methyl/N-ethyl adjacent to an activating group) is 1. The van der Waals surface area contributed by atoms with Crippen LogP contribution in [0.3, 0.4) is 0 Å². The van der Waals surface area contributed by atoms with Crippen LogP contribution in [0.5, 0.6) is 0 Å². The predicted molar refractivity (Wildman–Crippen MR) is 257 cm³/mol. The number of anilines is 1. The summed E-state index contributed by atoms with van der Waals surface area (Å²) in [5, 5.41) is 17.1. The summed E-state index contributed by atoms with van der Waals surface area (Å²) in [6.45, 7) is 18.6. The number of unbranched alkanes of at least 4 members (excludes halogenated alkanes) is 5. The van der Waals surface area contributed by atoms with E-state index in [0.717, 1.165) is 135 Å². The van der Waals surface area contributed by atoms with Crippen molar-refractivity contribution in [3.8, 4) is 0 Å². The zero-order valence-corrected chi connectivity index (χ0v) is 49.8. The summed E-state index contributed by atoms with van der Waals surface area (Å²) in [6, 6.07) is 13.3. The molecule has 0 bridgehead atoms. The van der Waals surface area contributed by atoms with Crippen molar-refractivity contribution < 1.29 is 154 Å². The Morgan fingerprint density at radius 3 is 2.36 bits per heavy atom. The predicted octanol–water partition coefficient (Wildman–Crippen LogP) is 0.920. The minimum absolute atomic E-state index is 0. The Morgan fingerprint density at radius 2 is 1.64 bits per heavy atom. The molecule has 0 aromatic heterocycles. The number of allylic oxidation sites excluding steroid dienone is 4. The van der Waals surface area contributed by atoms with Crippen molar-refractivity contribution >= 4 is 57.1 Å². The standard InChI is InChI=1S/C49H70N6O10S2.2K/c1-6-54-42-24-22-39(67(59,60)61)36-41(42)49(4,5)44(54)17-14-18-45-48(2,3)40-35-38(66-65-64-58)21-23-43(40)55(45)29-12-9-10-19-46(56)52-27-15-20-47(57)63-32-13-8-7-11-25-50-37-51-26-16-28-53-30-33-62-34-31-53;;/h14,17-18,21-24,35-36H,6-13,15-16,19-20,25-34H2,1-5H3,(H2-,52,56,58,59,60,61);;/q;2*+1/p-1. The molecule has 0 aliphatic carbocycles. The Bertz CT molecular complexity index is 2260. The normalized spacial score (nSPS) is 16.7. The first-order valence-corrected chi connectivity index (χ1v) is 25.8. The van der Waals surface area contributed by atoms with E-state index in [9.17, 15) is 27.8 Å². The van der Waals surface area contributed by atoms with Crippen molar-refractivity contribution in [1.29, 1.82) is 0 Å². The van der Waals surface area contributed by atoms with Gasteiger partial charge in [0.25, 0.3) is 0 Å². The average molecular weight is 1040 g/mol. The molecule has 0 radical (unpaired) electrons. The van der Waals surface area contributed by atoms with Crippen LogP contribution in [0.25, 0.3) is 0 Å². The molecule has 5 rings (SSSR count). The van der Waals surface area contributed by atoms with E-state index >= 15 is 0 Å². The third-order valence-electron chi connectivity index (χ3n) is 12.6. The van der Waals surface area contributed by atoms with Gasteiger partial charge in [0.1, 0.15) is 16.7 Å². The van der Waals surface area contributed by atoms with Crippen molar-refractivity contribution in [2.45, 2.75) is 126 Å². The van der Waals surface area contributed by atoms with Crippen LogP contribution in [0, 0.1) is 0 Å². The Balaban J connectivity index is 0.00000630. The fourth-order valence-electron chi connectivity index (χ4n) is 8.92. The van der Waals surface area contributed by atoms with Gasteiger partial charge in [-0.25, -0.2) is 18.4 Å². The summed E-state index contributed by atoms with van der Waals surface area (Å²) in [4.78, 5) is 38.4. The number of fused-ring (bicyclic) bond motifs is 2. The number of nitrogens with one attached hydrogen (secondary N) is 1. The molecule has 0 spiro atoms. The number of esters is 1. The van der Waals surface area contributed by atoms with Crippen LogP contribution >= 0.6 is 12.0 Å². The van der Waals surface area contributed by atoms with Gasteiger partial charge in [-0.2, -0.15) is 8.91 Å². The van der Waals surface area contributed by atoms with E-state index in [4.69, 9.17) is 9.47 Å². The molecular weight excluding hydrogens is 975 g/mol. The Hall–Kier alpha value is -0.957. The fraction of sp³-hybridized carbons (Fsp3) is 0.592. The zero-order chi connectivity index (χ0) is 48.3. The van der Waals surface area contributed by atoms with Gasteiger partial charge in [0, 0.05) is 97.9 Å². The van der Waals surface area contributed by atoms with Gasteiger partial charge in [-0.3, -0.25) is 19.5 Å². The van der Waals surface area contributed by atoms with Crippen molar-refractivity contribution in [3.63, 3.8) is 0 Å². The van der Waals surface area contributed by atoms with Crippen LogP contribution < -0.4 is 118 Å². The molecule has 1 fully saturated rings. The minimum atomic E-state index is -4.61. The van der Waals surface area contributed by atoms with Crippen molar-refractivity contribution in [2.24, 2.45) is 9.98 Å². The molecule has 1 N–H and O–H groups in total. The molecule has 1 saturated heterocycles. The van der Waals surface area contributed by atoms with Crippen molar-refractivity contribution in [3.05, 3.63) is 71.5 Å². The Morgan fingerprint density at radius 1 is 0.913 bits per heavy atom. The summed E-state index contributed by atoms with van der Waals surface area (Å²) in [7, 11) is -4.61.